The molecule has 2 aromatic rings. The summed E-state index contributed by atoms with van der Waals surface area (Å²) >= 11 is 6.12. The zero-order chi connectivity index (χ0) is 15.1. The van der Waals surface area contributed by atoms with Gasteiger partial charge in [0.05, 0.1) is 28.9 Å². The molecular formula is C17H17ClN2O. The first-order chi connectivity index (χ1) is 10.2. The van der Waals surface area contributed by atoms with Crippen LogP contribution >= 0.6 is 11.6 Å². The normalized spacial score (nSPS) is 9.95. The number of halogens is 1. The Morgan fingerprint density at radius 1 is 1.24 bits per heavy atom. The second-order valence-corrected chi connectivity index (χ2v) is 5.06. The van der Waals surface area contributed by atoms with E-state index in [9.17, 15) is 0 Å². The van der Waals surface area contributed by atoms with Crippen LogP contribution in [0.4, 0.5) is 5.69 Å². The molecule has 2 rings (SSSR count). The Balaban J connectivity index is 2.04. The van der Waals surface area contributed by atoms with Crippen molar-refractivity contribution in [2.75, 3.05) is 11.9 Å². The van der Waals surface area contributed by atoms with Crippen LogP contribution in [-0.4, -0.2) is 6.61 Å². The zero-order valence-corrected chi connectivity index (χ0v) is 12.7. The third kappa shape index (κ3) is 4.40. The lowest BCUT2D eigenvalue weighted by Crippen LogP contribution is -2.01. The minimum atomic E-state index is 0.585. The van der Waals surface area contributed by atoms with Crippen LogP contribution in [0.5, 0.6) is 5.75 Å². The topological polar surface area (TPSA) is 45.0 Å². The summed E-state index contributed by atoms with van der Waals surface area (Å²) in [5.74, 6) is 0.869. The lowest BCUT2D eigenvalue weighted by atomic mass is 10.2. The number of anilines is 1. The standard InChI is InChI=1S/C17H17ClN2O/c1-2-8-21-15-5-3-4-14(9-15)12-20-17-10-13(11-19)6-7-16(17)18/h3-7,9-10,20H,2,8,12H2,1H3. The van der Waals surface area contributed by atoms with Crippen LogP contribution in [0.1, 0.15) is 24.5 Å². The molecular weight excluding hydrogens is 284 g/mol. The van der Waals surface area contributed by atoms with E-state index in [0.717, 1.165) is 23.4 Å². The molecule has 108 valence electrons. The van der Waals surface area contributed by atoms with Gasteiger partial charge < -0.3 is 10.1 Å². The Kier molecular flexibility index (Phi) is 5.48. The highest BCUT2D eigenvalue weighted by atomic mass is 35.5. The van der Waals surface area contributed by atoms with E-state index < -0.39 is 0 Å². The molecule has 0 atom stereocenters. The molecule has 0 aliphatic heterocycles. The van der Waals surface area contributed by atoms with Crippen LogP contribution in [0.25, 0.3) is 0 Å². The Bertz CT molecular complexity index is 649. The average Bonchev–Trinajstić information content (AvgIpc) is 2.52. The van der Waals surface area contributed by atoms with Crippen molar-refractivity contribution < 1.29 is 4.74 Å². The molecule has 0 aliphatic carbocycles. The van der Waals surface area contributed by atoms with Gasteiger partial charge >= 0.3 is 0 Å². The highest BCUT2D eigenvalue weighted by Gasteiger charge is 2.03. The minimum Gasteiger partial charge on any atom is -0.494 e. The Labute approximate surface area is 130 Å². The predicted molar refractivity (Wildman–Crippen MR) is 85.7 cm³/mol. The number of benzene rings is 2. The van der Waals surface area contributed by atoms with E-state index in [1.54, 1.807) is 18.2 Å². The van der Waals surface area contributed by atoms with Gasteiger partial charge in [-0.25, -0.2) is 0 Å². The first kappa shape index (κ1) is 15.2. The van der Waals surface area contributed by atoms with E-state index in [1.807, 2.05) is 24.3 Å². The number of rotatable bonds is 6. The summed E-state index contributed by atoms with van der Waals surface area (Å²) < 4.78 is 5.61. The molecule has 0 aliphatic rings. The quantitative estimate of drug-likeness (QED) is 0.847. The first-order valence-electron chi connectivity index (χ1n) is 6.88. The van der Waals surface area contributed by atoms with Crippen molar-refractivity contribution in [1.82, 2.24) is 0 Å². The fourth-order valence-electron chi connectivity index (χ4n) is 1.89. The maximum absolute atomic E-state index is 8.92. The van der Waals surface area contributed by atoms with Gasteiger partial charge in [-0.15, -0.1) is 0 Å². The summed E-state index contributed by atoms with van der Waals surface area (Å²) in [6.07, 6.45) is 0.985. The largest absolute Gasteiger partial charge is 0.494 e. The van der Waals surface area contributed by atoms with Crippen molar-refractivity contribution in [2.24, 2.45) is 0 Å². The molecule has 1 N–H and O–H groups in total. The fraction of sp³-hybridized carbons (Fsp3) is 0.235. The molecule has 0 heterocycles. The number of nitriles is 1. The maximum Gasteiger partial charge on any atom is 0.119 e. The molecule has 0 aromatic heterocycles. The highest BCUT2D eigenvalue weighted by Crippen LogP contribution is 2.24. The van der Waals surface area contributed by atoms with Crippen molar-refractivity contribution in [3.63, 3.8) is 0 Å². The summed E-state index contributed by atoms with van der Waals surface area (Å²) in [5, 5.41) is 12.8. The van der Waals surface area contributed by atoms with E-state index in [2.05, 4.69) is 18.3 Å². The van der Waals surface area contributed by atoms with E-state index in [0.29, 0.717) is 23.7 Å². The second kappa shape index (κ2) is 7.56. The Morgan fingerprint density at radius 3 is 2.86 bits per heavy atom. The number of ether oxygens (including phenoxy) is 1. The molecule has 0 bridgehead atoms. The van der Waals surface area contributed by atoms with Gasteiger partial charge in [0, 0.05) is 6.54 Å². The van der Waals surface area contributed by atoms with Crippen LogP contribution < -0.4 is 10.1 Å². The smallest absolute Gasteiger partial charge is 0.119 e. The third-order valence-electron chi connectivity index (χ3n) is 2.95. The summed E-state index contributed by atoms with van der Waals surface area (Å²) in [4.78, 5) is 0. The van der Waals surface area contributed by atoms with E-state index in [-0.39, 0.29) is 0 Å². The van der Waals surface area contributed by atoms with Crippen LogP contribution in [0, 0.1) is 11.3 Å². The second-order valence-electron chi connectivity index (χ2n) is 4.66. The molecule has 4 heteroatoms. The number of nitrogens with one attached hydrogen (secondary N) is 1. The van der Waals surface area contributed by atoms with E-state index in [4.69, 9.17) is 21.6 Å². The summed E-state index contributed by atoms with van der Waals surface area (Å²) in [5.41, 5.74) is 2.44. The van der Waals surface area contributed by atoms with Gasteiger partial charge in [-0.2, -0.15) is 5.26 Å². The Hall–Kier alpha value is -2.18. The molecule has 2 aromatic carbocycles. The maximum atomic E-state index is 8.92. The first-order valence-corrected chi connectivity index (χ1v) is 7.26. The third-order valence-corrected chi connectivity index (χ3v) is 3.28. The Morgan fingerprint density at radius 2 is 2.10 bits per heavy atom. The van der Waals surface area contributed by atoms with Crippen molar-refractivity contribution in [2.45, 2.75) is 19.9 Å². The van der Waals surface area contributed by atoms with Crippen LogP contribution in [0.2, 0.25) is 5.02 Å². The van der Waals surface area contributed by atoms with Gasteiger partial charge in [-0.3, -0.25) is 0 Å². The molecule has 0 unspecified atom stereocenters. The summed E-state index contributed by atoms with van der Waals surface area (Å²) in [6, 6.07) is 15.2. The number of hydrogen-bond acceptors (Lipinski definition) is 3. The van der Waals surface area contributed by atoms with E-state index in [1.165, 1.54) is 0 Å². The predicted octanol–water partition coefficient (Wildman–Crippen LogP) is 4.61. The summed E-state index contributed by atoms with van der Waals surface area (Å²) in [6.45, 7) is 3.42. The van der Waals surface area contributed by atoms with Gasteiger partial charge in [0.15, 0.2) is 0 Å². The molecule has 0 radical (unpaired) electrons. The van der Waals surface area contributed by atoms with Gasteiger partial charge in [0.2, 0.25) is 0 Å². The van der Waals surface area contributed by atoms with Crippen LogP contribution in [-0.2, 0) is 6.54 Å². The lowest BCUT2D eigenvalue weighted by molar-refractivity contribution is 0.317. The van der Waals surface area contributed by atoms with E-state index >= 15 is 0 Å². The monoisotopic (exact) mass is 300 g/mol. The van der Waals surface area contributed by atoms with Crippen molar-refractivity contribution in [1.29, 1.82) is 5.26 Å². The molecule has 0 spiro atoms. The van der Waals surface area contributed by atoms with Gasteiger partial charge in [0.25, 0.3) is 0 Å². The SMILES string of the molecule is CCCOc1cccc(CNc2cc(C#N)ccc2Cl)c1. The molecule has 3 nitrogen and oxygen atoms in total. The molecule has 0 saturated carbocycles. The zero-order valence-electron chi connectivity index (χ0n) is 11.9. The fourth-order valence-corrected chi connectivity index (χ4v) is 2.08. The van der Waals surface area contributed by atoms with Crippen LogP contribution in [0.15, 0.2) is 42.5 Å². The molecule has 21 heavy (non-hydrogen) atoms. The van der Waals surface area contributed by atoms with Gasteiger partial charge in [-0.05, 0) is 42.3 Å². The van der Waals surface area contributed by atoms with Crippen LogP contribution in [0.3, 0.4) is 0 Å². The highest BCUT2D eigenvalue weighted by molar-refractivity contribution is 6.33. The van der Waals surface area contributed by atoms with Gasteiger partial charge in [0.1, 0.15) is 5.75 Å². The number of hydrogen-bond donors (Lipinski definition) is 1. The van der Waals surface area contributed by atoms with Crippen molar-refractivity contribution in [3.8, 4) is 11.8 Å². The van der Waals surface area contributed by atoms with Crippen molar-refractivity contribution >= 4 is 17.3 Å². The van der Waals surface area contributed by atoms with Crippen molar-refractivity contribution in [3.05, 3.63) is 58.6 Å². The minimum absolute atomic E-state index is 0.585. The molecule has 0 fully saturated rings. The molecule has 0 amide bonds. The molecule has 0 saturated heterocycles. The lowest BCUT2D eigenvalue weighted by Gasteiger charge is -2.10. The summed E-state index contributed by atoms with van der Waals surface area (Å²) in [7, 11) is 0. The van der Waals surface area contributed by atoms with Gasteiger partial charge in [-0.1, -0.05) is 30.7 Å². The average molecular weight is 301 g/mol. The number of nitrogens with zero attached hydrogens (tertiary/aromatic N) is 1.